The lowest BCUT2D eigenvalue weighted by atomic mass is 9.96. The molecule has 0 radical (unpaired) electrons. The van der Waals surface area contributed by atoms with E-state index in [2.05, 4.69) is 23.8 Å². The Morgan fingerprint density at radius 3 is 2.32 bits per heavy atom. The van der Waals surface area contributed by atoms with Crippen molar-refractivity contribution in [2.45, 2.75) is 52.2 Å². The molecule has 0 aliphatic carbocycles. The van der Waals surface area contributed by atoms with Crippen LogP contribution in [0.1, 0.15) is 40.5 Å². The number of carbonyl (C=O) groups excluding carboxylic acids is 1. The first-order chi connectivity index (χ1) is 10.2. The molecule has 0 saturated carbocycles. The summed E-state index contributed by atoms with van der Waals surface area (Å²) in [6.45, 7) is 14.2. The van der Waals surface area contributed by atoms with Gasteiger partial charge in [-0.25, -0.2) is 4.79 Å². The van der Waals surface area contributed by atoms with Crippen LogP contribution in [0, 0.1) is 5.92 Å². The number of ether oxygens (including phenoxy) is 1. The Morgan fingerprint density at radius 2 is 1.77 bits per heavy atom. The van der Waals surface area contributed by atoms with Crippen molar-refractivity contribution in [2.75, 3.05) is 46.3 Å². The second-order valence-corrected chi connectivity index (χ2v) is 8.03. The van der Waals surface area contributed by atoms with Crippen LogP contribution < -0.4 is 0 Å². The van der Waals surface area contributed by atoms with Gasteiger partial charge >= 0.3 is 6.09 Å². The summed E-state index contributed by atoms with van der Waals surface area (Å²) >= 11 is 0. The Morgan fingerprint density at radius 1 is 1.14 bits per heavy atom. The zero-order valence-electron chi connectivity index (χ0n) is 15.0. The maximum atomic E-state index is 12.2. The van der Waals surface area contributed by atoms with Crippen LogP contribution in [0.15, 0.2) is 0 Å². The van der Waals surface area contributed by atoms with Gasteiger partial charge in [0.05, 0.1) is 0 Å². The molecule has 0 aromatic heterocycles. The number of hydrogen-bond acceptors (Lipinski definition) is 4. The Balaban J connectivity index is 1.78. The highest BCUT2D eigenvalue weighted by atomic mass is 16.6. The van der Waals surface area contributed by atoms with Crippen LogP contribution in [-0.4, -0.2) is 78.8 Å². The molecule has 128 valence electrons. The van der Waals surface area contributed by atoms with Crippen molar-refractivity contribution in [3.05, 3.63) is 0 Å². The van der Waals surface area contributed by atoms with Crippen LogP contribution in [0.2, 0.25) is 0 Å². The van der Waals surface area contributed by atoms with Gasteiger partial charge < -0.3 is 14.5 Å². The van der Waals surface area contributed by atoms with Gasteiger partial charge in [0.15, 0.2) is 0 Å². The summed E-state index contributed by atoms with van der Waals surface area (Å²) < 4.78 is 5.51. The molecule has 0 bridgehead atoms. The van der Waals surface area contributed by atoms with E-state index in [-0.39, 0.29) is 12.1 Å². The quantitative estimate of drug-likeness (QED) is 0.784. The van der Waals surface area contributed by atoms with Gasteiger partial charge in [0.2, 0.25) is 0 Å². The molecule has 2 saturated heterocycles. The number of nitrogens with zero attached hydrogens (tertiary/aromatic N) is 3. The van der Waals surface area contributed by atoms with Crippen LogP contribution in [0.5, 0.6) is 0 Å². The molecule has 2 fully saturated rings. The zero-order chi connectivity index (χ0) is 16.3. The smallest absolute Gasteiger partial charge is 0.410 e. The molecule has 5 nitrogen and oxygen atoms in total. The number of piperazine rings is 1. The predicted molar refractivity (Wildman–Crippen MR) is 89.1 cm³/mol. The van der Waals surface area contributed by atoms with Gasteiger partial charge in [-0.2, -0.15) is 0 Å². The molecular weight excluding hydrogens is 278 g/mol. The fraction of sp³-hybridized carbons (Fsp3) is 0.941. The Hall–Kier alpha value is -0.810. The van der Waals surface area contributed by atoms with Crippen molar-refractivity contribution in [1.82, 2.24) is 14.7 Å². The van der Waals surface area contributed by atoms with E-state index in [0.29, 0.717) is 0 Å². The predicted octanol–water partition coefficient (Wildman–Crippen LogP) is 2.27. The average Bonchev–Trinajstić information content (AvgIpc) is 2.39. The van der Waals surface area contributed by atoms with Gasteiger partial charge in [-0.1, -0.05) is 0 Å². The summed E-state index contributed by atoms with van der Waals surface area (Å²) in [6, 6.07) is 0.231. The van der Waals surface area contributed by atoms with Crippen molar-refractivity contribution >= 4 is 6.09 Å². The van der Waals surface area contributed by atoms with Crippen molar-refractivity contribution < 1.29 is 9.53 Å². The lowest BCUT2D eigenvalue weighted by Crippen LogP contribution is -2.55. The molecule has 1 unspecified atom stereocenters. The normalized spacial score (nSPS) is 26.2. The van der Waals surface area contributed by atoms with Crippen LogP contribution in [0.3, 0.4) is 0 Å². The molecule has 0 aromatic carbocycles. The molecule has 22 heavy (non-hydrogen) atoms. The molecule has 0 N–H and O–H groups in total. The van der Waals surface area contributed by atoms with Crippen molar-refractivity contribution in [1.29, 1.82) is 0 Å². The van der Waals surface area contributed by atoms with E-state index in [1.54, 1.807) is 0 Å². The van der Waals surface area contributed by atoms with Crippen molar-refractivity contribution in [2.24, 2.45) is 5.92 Å². The Labute approximate surface area is 135 Å². The molecule has 2 aliphatic heterocycles. The van der Waals surface area contributed by atoms with Crippen LogP contribution in [0.4, 0.5) is 4.79 Å². The summed E-state index contributed by atoms with van der Waals surface area (Å²) in [5.41, 5.74) is -0.415. The minimum absolute atomic E-state index is 0.168. The minimum Gasteiger partial charge on any atom is -0.444 e. The van der Waals surface area contributed by atoms with Gasteiger partial charge in [-0.05, 0) is 66.6 Å². The van der Waals surface area contributed by atoms with E-state index in [1.165, 1.54) is 32.5 Å². The number of carbonyl (C=O) groups is 1. The molecule has 2 aliphatic rings. The van der Waals surface area contributed by atoms with Gasteiger partial charge in [-0.15, -0.1) is 0 Å². The van der Waals surface area contributed by atoms with Crippen molar-refractivity contribution in [3.63, 3.8) is 0 Å². The van der Waals surface area contributed by atoms with Crippen LogP contribution in [0.25, 0.3) is 0 Å². The first-order valence-electron chi connectivity index (χ1n) is 8.65. The lowest BCUT2D eigenvalue weighted by Gasteiger charge is -2.42. The molecule has 2 heterocycles. The fourth-order valence-electron chi connectivity index (χ4n) is 3.40. The molecular formula is C17H33N3O2. The molecule has 0 aromatic rings. The molecule has 0 spiro atoms. The van der Waals surface area contributed by atoms with E-state index in [4.69, 9.17) is 4.74 Å². The van der Waals surface area contributed by atoms with Gasteiger partial charge in [0, 0.05) is 32.2 Å². The SMILES string of the molecule is CC1CN(CC2CCN(C)CC2)CCN1C(=O)OC(C)(C)C. The summed E-state index contributed by atoms with van der Waals surface area (Å²) in [6.07, 6.45) is 2.44. The minimum atomic E-state index is -0.415. The Kier molecular flexibility index (Phi) is 5.72. The van der Waals surface area contributed by atoms with E-state index in [9.17, 15) is 4.79 Å². The number of rotatable bonds is 2. The van der Waals surface area contributed by atoms with Gasteiger partial charge in [0.25, 0.3) is 0 Å². The molecule has 1 amide bonds. The van der Waals surface area contributed by atoms with Crippen molar-refractivity contribution in [3.8, 4) is 0 Å². The van der Waals surface area contributed by atoms with E-state index < -0.39 is 5.60 Å². The molecule has 5 heteroatoms. The standard InChI is InChI=1S/C17H33N3O2/c1-14-12-19(13-15-6-8-18(5)9-7-15)10-11-20(14)16(21)22-17(2,3)4/h14-15H,6-13H2,1-5H3. The van der Waals surface area contributed by atoms with Crippen LogP contribution >= 0.6 is 0 Å². The van der Waals surface area contributed by atoms with Gasteiger partial charge in [-0.3, -0.25) is 4.90 Å². The highest BCUT2D eigenvalue weighted by Gasteiger charge is 2.31. The molecule has 2 rings (SSSR count). The number of amides is 1. The summed E-state index contributed by atoms with van der Waals surface area (Å²) in [4.78, 5) is 19.1. The Bertz CT molecular complexity index is 373. The first-order valence-corrected chi connectivity index (χ1v) is 8.65. The zero-order valence-corrected chi connectivity index (χ0v) is 15.0. The highest BCUT2D eigenvalue weighted by Crippen LogP contribution is 2.20. The number of likely N-dealkylation sites (tertiary alicyclic amines) is 1. The third kappa shape index (κ3) is 5.13. The maximum absolute atomic E-state index is 12.2. The maximum Gasteiger partial charge on any atom is 0.410 e. The summed E-state index contributed by atoms with van der Waals surface area (Å²) in [7, 11) is 2.21. The second-order valence-electron chi connectivity index (χ2n) is 8.03. The average molecular weight is 311 g/mol. The summed E-state index contributed by atoms with van der Waals surface area (Å²) in [5.74, 6) is 0.816. The first kappa shape index (κ1) is 17.5. The van der Waals surface area contributed by atoms with Gasteiger partial charge in [0.1, 0.15) is 5.60 Å². The topological polar surface area (TPSA) is 36.0 Å². The summed E-state index contributed by atoms with van der Waals surface area (Å²) in [5, 5.41) is 0. The monoisotopic (exact) mass is 311 g/mol. The largest absolute Gasteiger partial charge is 0.444 e. The lowest BCUT2D eigenvalue weighted by molar-refractivity contribution is -0.00133. The highest BCUT2D eigenvalue weighted by molar-refractivity contribution is 5.68. The third-order valence-electron chi connectivity index (χ3n) is 4.69. The second kappa shape index (κ2) is 7.18. The van der Waals surface area contributed by atoms with Crippen LogP contribution in [-0.2, 0) is 4.74 Å². The van der Waals surface area contributed by atoms with E-state index >= 15 is 0 Å². The van der Waals surface area contributed by atoms with E-state index in [0.717, 1.165) is 25.6 Å². The third-order valence-corrected chi connectivity index (χ3v) is 4.69. The number of hydrogen-bond donors (Lipinski definition) is 0. The van der Waals surface area contributed by atoms with E-state index in [1.807, 2.05) is 25.7 Å². The number of piperidine rings is 1. The molecule has 1 atom stereocenters. The fourth-order valence-corrected chi connectivity index (χ4v) is 3.40.